The molecular weight excluding hydrogens is 416 g/mol. The largest absolute Gasteiger partial charge is 0.497 e. The molecular formula is C27H38N2O4. The summed E-state index contributed by atoms with van der Waals surface area (Å²) in [4.78, 5) is 28.1. The summed E-state index contributed by atoms with van der Waals surface area (Å²) in [6, 6.07) is 14.8. The first-order valence-corrected chi connectivity index (χ1v) is 11.6. The zero-order valence-corrected chi connectivity index (χ0v) is 20.8. The van der Waals surface area contributed by atoms with Crippen LogP contribution in [0.5, 0.6) is 11.5 Å². The van der Waals surface area contributed by atoms with Gasteiger partial charge in [-0.1, -0.05) is 31.2 Å². The lowest BCUT2D eigenvalue weighted by Crippen LogP contribution is -2.53. The molecule has 0 saturated carbocycles. The van der Waals surface area contributed by atoms with E-state index in [0.717, 1.165) is 22.6 Å². The maximum atomic E-state index is 13.3. The van der Waals surface area contributed by atoms with E-state index in [1.54, 1.807) is 12.0 Å². The molecule has 1 N–H and O–H groups in total. The molecule has 6 nitrogen and oxygen atoms in total. The van der Waals surface area contributed by atoms with Crippen LogP contribution in [0.15, 0.2) is 48.5 Å². The van der Waals surface area contributed by atoms with Crippen LogP contribution in [0.2, 0.25) is 0 Å². The van der Waals surface area contributed by atoms with Crippen LogP contribution in [-0.2, 0) is 16.1 Å². The van der Waals surface area contributed by atoms with Crippen molar-refractivity contribution in [2.75, 3.05) is 13.7 Å². The van der Waals surface area contributed by atoms with Crippen molar-refractivity contribution in [2.45, 2.75) is 72.0 Å². The van der Waals surface area contributed by atoms with Crippen LogP contribution in [-0.4, -0.2) is 42.0 Å². The van der Waals surface area contributed by atoms with E-state index in [1.807, 2.05) is 83.1 Å². The topological polar surface area (TPSA) is 67.9 Å². The Morgan fingerprint density at radius 3 is 2.24 bits per heavy atom. The average molecular weight is 455 g/mol. The number of nitrogens with one attached hydrogen (secondary N) is 1. The van der Waals surface area contributed by atoms with Crippen LogP contribution in [0.1, 0.15) is 58.1 Å². The van der Waals surface area contributed by atoms with Gasteiger partial charge in [-0.15, -0.1) is 0 Å². The van der Waals surface area contributed by atoms with E-state index in [1.165, 1.54) is 0 Å². The highest BCUT2D eigenvalue weighted by Gasteiger charge is 2.30. The minimum Gasteiger partial charge on any atom is -0.497 e. The van der Waals surface area contributed by atoms with Gasteiger partial charge in [-0.3, -0.25) is 9.59 Å². The minimum atomic E-state index is -0.529. The highest BCUT2D eigenvalue weighted by atomic mass is 16.5. The van der Waals surface area contributed by atoms with Gasteiger partial charge in [-0.05, 0) is 75.9 Å². The fourth-order valence-corrected chi connectivity index (χ4v) is 3.57. The smallest absolute Gasteiger partial charge is 0.243 e. The summed E-state index contributed by atoms with van der Waals surface area (Å²) in [6.45, 7) is 10.6. The van der Waals surface area contributed by atoms with Crippen LogP contribution in [0.3, 0.4) is 0 Å². The number of amides is 2. The number of hydrogen-bond acceptors (Lipinski definition) is 4. The molecule has 0 radical (unpaired) electrons. The van der Waals surface area contributed by atoms with Gasteiger partial charge >= 0.3 is 0 Å². The molecule has 0 aliphatic heterocycles. The predicted molar refractivity (Wildman–Crippen MR) is 131 cm³/mol. The maximum absolute atomic E-state index is 13.3. The number of carbonyl (C=O) groups is 2. The lowest BCUT2D eigenvalue weighted by Gasteiger charge is -2.33. The van der Waals surface area contributed by atoms with Crippen molar-refractivity contribution in [1.82, 2.24) is 10.2 Å². The van der Waals surface area contributed by atoms with Crippen LogP contribution >= 0.6 is 0 Å². The number of rotatable bonds is 11. The van der Waals surface area contributed by atoms with Crippen molar-refractivity contribution < 1.29 is 19.1 Å². The van der Waals surface area contributed by atoms with Crippen molar-refractivity contribution in [2.24, 2.45) is 0 Å². The van der Waals surface area contributed by atoms with E-state index in [-0.39, 0.29) is 17.4 Å². The Kier molecular flexibility index (Phi) is 9.76. The van der Waals surface area contributed by atoms with Crippen LogP contribution in [0.4, 0.5) is 0 Å². The molecule has 0 saturated heterocycles. The Balaban J connectivity index is 2.07. The third-order valence-electron chi connectivity index (χ3n) is 5.35. The summed E-state index contributed by atoms with van der Waals surface area (Å²) in [7, 11) is 1.62. The van der Waals surface area contributed by atoms with Gasteiger partial charge in [0.05, 0.1) is 13.7 Å². The van der Waals surface area contributed by atoms with E-state index < -0.39 is 6.04 Å². The zero-order chi connectivity index (χ0) is 24.4. The molecule has 0 fully saturated rings. The minimum absolute atomic E-state index is 0.0486. The number of carbonyl (C=O) groups excluding carboxylic acids is 2. The fourth-order valence-electron chi connectivity index (χ4n) is 3.57. The van der Waals surface area contributed by atoms with Gasteiger partial charge < -0.3 is 19.7 Å². The average Bonchev–Trinajstić information content (AvgIpc) is 2.77. The van der Waals surface area contributed by atoms with E-state index in [0.29, 0.717) is 32.4 Å². The number of benzene rings is 2. The van der Waals surface area contributed by atoms with Crippen molar-refractivity contribution in [3.05, 3.63) is 59.7 Å². The normalized spacial score (nSPS) is 12.1. The van der Waals surface area contributed by atoms with E-state index in [4.69, 9.17) is 9.47 Å². The third-order valence-corrected chi connectivity index (χ3v) is 5.35. The first-order chi connectivity index (χ1) is 15.6. The molecule has 2 rings (SSSR count). The molecule has 180 valence electrons. The summed E-state index contributed by atoms with van der Waals surface area (Å²) in [5.41, 5.74) is 1.78. The molecule has 0 spiro atoms. The van der Waals surface area contributed by atoms with E-state index in [9.17, 15) is 9.59 Å². The van der Waals surface area contributed by atoms with Gasteiger partial charge in [-0.25, -0.2) is 0 Å². The summed E-state index contributed by atoms with van der Waals surface area (Å²) in [5, 5.41) is 3.04. The SMILES string of the molecule is CC[C@H](C(=O)NC(C)(C)C)N(Cc1ccccc1C)C(=O)CCCOc1ccc(OC)cc1. The Morgan fingerprint density at radius 2 is 1.67 bits per heavy atom. The van der Waals surface area contributed by atoms with Crippen molar-refractivity contribution in [3.8, 4) is 11.5 Å². The quantitative estimate of drug-likeness (QED) is 0.491. The number of aryl methyl sites for hydroxylation is 1. The summed E-state index contributed by atoms with van der Waals surface area (Å²) < 4.78 is 10.9. The van der Waals surface area contributed by atoms with Gasteiger partial charge in [0.15, 0.2) is 0 Å². The molecule has 0 unspecified atom stereocenters. The lowest BCUT2D eigenvalue weighted by atomic mass is 10.0. The van der Waals surface area contributed by atoms with Crippen molar-refractivity contribution >= 4 is 11.8 Å². The first kappa shape index (κ1) is 26.2. The summed E-state index contributed by atoms with van der Waals surface area (Å²) >= 11 is 0. The second kappa shape index (κ2) is 12.3. The van der Waals surface area contributed by atoms with Gasteiger partial charge in [0.1, 0.15) is 17.5 Å². The molecule has 0 aliphatic carbocycles. The van der Waals surface area contributed by atoms with E-state index in [2.05, 4.69) is 5.32 Å². The summed E-state index contributed by atoms with van der Waals surface area (Å²) in [5.74, 6) is 1.33. The lowest BCUT2D eigenvalue weighted by molar-refractivity contribution is -0.142. The highest BCUT2D eigenvalue weighted by Crippen LogP contribution is 2.19. The van der Waals surface area contributed by atoms with E-state index >= 15 is 0 Å². The number of methoxy groups -OCH3 is 1. The monoisotopic (exact) mass is 454 g/mol. The first-order valence-electron chi connectivity index (χ1n) is 11.6. The van der Waals surface area contributed by atoms with Crippen LogP contribution in [0.25, 0.3) is 0 Å². The van der Waals surface area contributed by atoms with Crippen LogP contribution in [0, 0.1) is 6.92 Å². The predicted octanol–water partition coefficient (Wildman–Crippen LogP) is 4.88. The van der Waals surface area contributed by atoms with Gasteiger partial charge in [0.25, 0.3) is 0 Å². The molecule has 0 bridgehead atoms. The number of hydrogen-bond donors (Lipinski definition) is 1. The van der Waals surface area contributed by atoms with Crippen molar-refractivity contribution in [3.63, 3.8) is 0 Å². The fraction of sp³-hybridized carbons (Fsp3) is 0.481. The zero-order valence-electron chi connectivity index (χ0n) is 20.8. The molecule has 0 aliphatic rings. The second-order valence-corrected chi connectivity index (χ2v) is 9.24. The molecule has 2 aromatic carbocycles. The Morgan fingerprint density at radius 1 is 1.03 bits per heavy atom. The van der Waals surface area contributed by atoms with Gasteiger partial charge in [0.2, 0.25) is 11.8 Å². The molecule has 2 amide bonds. The molecule has 33 heavy (non-hydrogen) atoms. The molecule has 0 heterocycles. The molecule has 2 aromatic rings. The highest BCUT2D eigenvalue weighted by molar-refractivity contribution is 5.88. The molecule has 1 atom stereocenters. The van der Waals surface area contributed by atoms with Gasteiger partial charge in [0, 0.05) is 18.5 Å². The Bertz CT molecular complexity index is 903. The maximum Gasteiger partial charge on any atom is 0.243 e. The molecule has 6 heteroatoms. The Labute approximate surface area is 198 Å². The van der Waals surface area contributed by atoms with Gasteiger partial charge in [-0.2, -0.15) is 0 Å². The standard InChI is InChI=1S/C27H38N2O4/c1-7-24(26(31)28-27(3,4)5)29(19-21-12-9-8-11-20(21)2)25(30)13-10-18-33-23-16-14-22(32-6)15-17-23/h8-9,11-12,14-17,24H,7,10,13,18-19H2,1-6H3,(H,28,31)/t24-/m1/s1. The Hall–Kier alpha value is -3.02. The summed E-state index contributed by atoms with van der Waals surface area (Å²) in [6.07, 6.45) is 1.41. The number of nitrogens with zero attached hydrogens (tertiary/aromatic N) is 1. The molecule has 0 aromatic heterocycles. The third kappa shape index (κ3) is 8.44. The number of ether oxygens (including phenoxy) is 2. The van der Waals surface area contributed by atoms with Crippen LogP contribution < -0.4 is 14.8 Å². The van der Waals surface area contributed by atoms with Crippen molar-refractivity contribution in [1.29, 1.82) is 0 Å². The second-order valence-electron chi connectivity index (χ2n) is 9.24.